The van der Waals surface area contributed by atoms with Crippen molar-refractivity contribution >= 4 is 5.97 Å². The first-order valence-electron chi connectivity index (χ1n) is 3.93. The van der Waals surface area contributed by atoms with Crippen LogP contribution in [0.1, 0.15) is 0 Å². The van der Waals surface area contributed by atoms with Crippen molar-refractivity contribution in [3.63, 3.8) is 0 Å². The van der Waals surface area contributed by atoms with E-state index in [0.29, 0.717) is 0 Å². The summed E-state index contributed by atoms with van der Waals surface area (Å²) < 4.78 is 22.5. The van der Waals surface area contributed by atoms with Gasteiger partial charge in [0.25, 0.3) is 0 Å². The van der Waals surface area contributed by atoms with Crippen molar-refractivity contribution in [1.29, 1.82) is 0 Å². The van der Waals surface area contributed by atoms with Gasteiger partial charge in [-0.25, -0.2) is 9.18 Å². The van der Waals surface area contributed by atoms with Gasteiger partial charge < -0.3 is 14.6 Å². The zero-order valence-electron chi connectivity index (χ0n) is 6.94. The first kappa shape index (κ1) is 8.65. The van der Waals surface area contributed by atoms with Crippen LogP contribution < -0.4 is 0 Å². The lowest BCUT2D eigenvalue weighted by molar-refractivity contribution is -0.137. The van der Waals surface area contributed by atoms with Crippen LogP contribution in [-0.4, -0.2) is 42.7 Å². The Morgan fingerprint density at radius 3 is 3.00 bits per heavy atom. The van der Waals surface area contributed by atoms with Crippen molar-refractivity contribution in [2.24, 2.45) is 0 Å². The molecule has 0 unspecified atom stereocenters. The Balaban J connectivity index is 2.21. The molecule has 0 aromatic carbocycles. The SMILES string of the molecule is COC(=O)C1=C[C@@H](O)[C@H]2O[C@H]2[C@H]1F. The van der Waals surface area contributed by atoms with Crippen LogP contribution in [0.15, 0.2) is 11.6 Å². The Morgan fingerprint density at radius 1 is 1.69 bits per heavy atom. The lowest BCUT2D eigenvalue weighted by atomic mass is 9.96. The molecule has 1 heterocycles. The molecule has 0 aromatic rings. The van der Waals surface area contributed by atoms with Crippen molar-refractivity contribution in [2.75, 3.05) is 7.11 Å². The number of ether oxygens (including phenoxy) is 2. The normalized spacial score (nSPS) is 41.9. The summed E-state index contributed by atoms with van der Waals surface area (Å²) in [5, 5.41) is 9.28. The quantitative estimate of drug-likeness (QED) is 0.448. The third kappa shape index (κ3) is 1.24. The minimum absolute atomic E-state index is 0.145. The number of esters is 1. The van der Waals surface area contributed by atoms with Gasteiger partial charge in [-0.3, -0.25) is 0 Å². The van der Waals surface area contributed by atoms with Gasteiger partial charge in [0, 0.05) is 0 Å². The van der Waals surface area contributed by atoms with E-state index in [-0.39, 0.29) is 5.57 Å². The van der Waals surface area contributed by atoms with Gasteiger partial charge in [0.15, 0.2) is 6.17 Å². The molecule has 4 nitrogen and oxygen atoms in total. The van der Waals surface area contributed by atoms with E-state index in [1.54, 1.807) is 0 Å². The number of alkyl halides is 1. The minimum Gasteiger partial charge on any atom is -0.466 e. The average molecular weight is 188 g/mol. The molecule has 4 atom stereocenters. The monoisotopic (exact) mass is 188 g/mol. The zero-order chi connectivity index (χ0) is 9.59. The minimum atomic E-state index is -1.47. The summed E-state index contributed by atoms with van der Waals surface area (Å²) in [5.41, 5.74) is -0.145. The van der Waals surface area contributed by atoms with Gasteiger partial charge in [0.2, 0.25) is 0 Å². The summed E-state index contributed by atoms with van der Waals surface area (Å²) in [7, 11) is 1.17. The molecule has 0 saturated carbocycles. The highest BCUT2D eigenvalue weighted by molar-refractivity contribution is 5.90. The van der Waals surface area contributed by atoms with E-state index in [1.165, 1.54) is 7.11 Å². The molecular formula is C8H9FO4. The summed E-state index contributed by atoms with van der Waals surface area (Å²) >= 11 is 0. The second-order valence-electron chi connectivity index (χ2n) is 3.07. The van der Waals surface area contributed by atoms with Crippen LogP contribution >= 0.6 is 0 Å². The van der Waals surface area contributed by atoms with Gasteiger partial charge in [0.1, 0.15) is 18.3 Å². The van der Waals surface area contributed by atoms with Crippen molar-refractivity contribution in [1.82, 2.24) is 0 Å². The molecule has 2 aliphatic rings. The summed E-state index contributed by atoms with van der Waals surface area (Å²) in [4.78, 5) is 11.0. The number of aliphatic hydroxyl groups is 1. The fourth-order valence-electron chi connectivity index (χ4n) is 1.49. The highest BCUT2D eigenvalue weighted by Crippen LogP contribution is 2.38. The number of carbonyl (C=O) groups excluding carboxylic acids is 1. The molecule has 1 aliphatic heterocycles. The van der Waals surface area contributed by atoms with Gasteiger partial charge in [0.05, 0.1) is 12.7 Å². The van der Waals surface area contributed by atoms with E-state index < -0.39 is 30.5 Å². The van der Waals surface area contributed by atoms with Gasteiger partial charge in [-0.15, -0.1) is 0 Å². The van der Waals surface area contributed by atoms with Crippen molar-refractivity contribution in [3.8, 4) is 0 Å². The Morgan fingerprint density at radius 2 is 2.38 bits per heavy atom. The van der Waals surface area contributed by atoms with Crippen molar-refractivity contribution < 1.29 is 23.8 Å². The van der Waals surface area contributed by atoms with Crippen LogP contribution in [0.3, 0.4) is 0 Å². The summed E-state index contributed by atoms with van der Waals surface area (Å²) in [5.74, 6) is -0.750. The second kappa shape index (κ2) is 2.78. The Hall–Kier alpha value is -0.940. The molecule has 0 amide bonds. The van der Waals surface area contributed by atoms with E-state index in [4.69, 9.17) is 4.74 Å². The molecular weight excluding hydrogens is 179 g/mol. The molecule has 13 heavy (non-hydrogen) atoms. The molecule has 0 radical (unpaired) electrons. The Bertz CT molecular complexity index is 275. The van der Waals surface area contributed by atoms with E-state index in [2.05, 4.69) is 4.74 Å². The smallest absolute Gasteiger partial charge is 0.336 e. The van der Waals surface area contributed by atoms with Gasteiger partial charge in [-0.2, -0.15) is 0 Å². The second-order valence-corrected chi connectivity index (χ2v) is 3.07. The van der Waals surface area contributed by atoms with Crippen LogP contribution in [0, 0.1) is 0 Å². The fraction of sp³-hybridized carbons (Fsp3) is 0.625. The maximum atomic E-state index is 13.3. The largest absolute Gasteiger partial charge is 0.466 e. The molecule has 0 spiro atoms. The predicted octanol–water partition coefficient (Wildman–Crippen LogP) is -0.434. The number of fused-ring (bicyclic) bond motifs is 1. The third-order valence-corrected chi connectivity index (χ3v) is 2.26. The molecule has 1 aliphatic carbocycles. The highest BCUT2D eigenvalue weighted by atomic mass is 19.1. The van der Waals surface area contributed by atoms with Gasteiger partial charge in [-0.05, 0) is 6.08 Å². The molecule has 72 valence electrons. The first-order valence-corrected chi connectivity index (χ1v) is 3.93. The fourth-order valence-corrected chi connectivity index (χ4v) is 1.49. The standard InChI is InChI=1S/C8H9FO4/c1-12-8(11)3-2-4(10)6-7(13-6)5(3)9/h2,4-7,10H,1H3/t4-,5+,6-,7+/m1/s1. The van der Waals surface area contributed by atoms with Gasteiger partial charge in [-0.1, -0.05) is 0 Å². The molecule has 1 fully saturated rings. The van der Waals surface area contributed by atoms with Crippen molar-refractivity contribution in [2.45, 2.75) is 24.5 Å². The molecule has 2 rings (SSSR count). The lowest BCUT2D eigenvalue weighted by Gasteiger charge is -2.15. The number of methoxy groups -OCH3 is 1. The predicted molar refractivity (Wildman–Crippen MR) is 39.7 cm³/mol. The number of epoxide rings is 1. The number of rotatable bonds is 1. The number of hydrogen-bond donors (Lipinski definition) is 1. The molecule has 0 bridgehead atoms. The number of hydrogen-bond acceptors (Lipinski definition) is 4. The molecule has 1 saturated heterocycles. The van der Waals surface area contributed by atoms with Gasteiger partial charge >= 0.3 is 5.97 Å². The third-order valence-electron chi connectivity index (χ3n) is 2.26. The van der Waals surface area contributed by atoms with E-state index in [1.807, 2.05) is 0 Å². The summed E-state index contributed by atoms with van der Waals surface area (Å²) in [6, 6.07) is 0. The van der Waals surface area contributed by atoms with Crippen molar-refractivity contribution in [3.05, 3.63) is 11.6 Å². The topological polar surface area (TPSA) is 59.1 Å². The van der Waals surface area contributed by atoms with Crippen LogP contribution in [0.2, 0.25) is 0 Å². The molecule has 5 heteroatoms. The highest BCUT2D eigenvalue weighted by Gasteiger charge is 2.55. The van der Waals surface area contributed by atoms with E-state index in [9.17, 15) is 14.3 Å². The molecule has 1 N–H and O–H groups in total. The molecule has 0 aromatic heterocycles. The van der Waals surface area contributed by atoms with Crippen LogP contribution in [0.25, 0.3) is 0 Å². The maximum absolute atomic E-state index is 13.3. The lowest BCUT2D eigenvalue weighted by Crippen LogP contribution is -2.31. The number of halogens is 1. The van der Waals surface area contributed by atoms with Crippen LogP contribution in [0.5, 0.6) is 0 Å². The maximum Gasteiger partial charge on any atom is 0.336 e. The summed E-state index contributed by atoms with van der Waals surface area (Å²) in [6.45, 7) is 0. The van der Waals surface area contributed by atoms with E-state index >= 15 is 0 Å². The summed E-state index contributed by atoms with van der Waals surface area (Å²) in [6.07, 6.45) is -2.37. The number of carbonyl (C=O) groups is 1. The number of aliphatic hydroxyl groups excluding tert-OH is 1. The Labute approximate surface area is 73.9 Å². The Kier molecular flexibility index (Phi) is 1.85. The average Bonchev–Trinajstić information content (AvgIpc) is 2.90. The zero-order valence-corrected chi connectivity index (χ0v) is 6.94. The van der Waals surface area contributed by atoms with E-state index in [0.717, 1.165) is 6.08 Å². The first-order chi connectivity index (χ1) is 6.15. The van der Waals surface area contributed by atoms with Crippen LogP contribution in [0.4, 0.5) is 4.39 Å². The van der Waals surface area contributed by atoms with Crippen LogP contribution in [-0.2, 0) is 14.3 Å².